The van der Waals surface area contributed by atoms with Crippen molar-refractivity contribution in [3.8, 4) is 11.8 Å². The molecule has 2 aromatic rings. The number of hydrogen-bond acceptors (Lipinski definition) is 3. The van der Waals surface area contributed by atoms with E-state index in [1.165, 1.54) is 0 Å². The van der Waals surface area contributed by atoms with Gasteiger partial charge in [-0.2, -0.15) is 13.2 Å². The summed E-state index contributed by atoms with van der Waals surface area (Å²) in [6.07, 6.45) is -3.37. The molecule has 0 bridgehead atoms. The van der Waals surface area contributed by atoms with E-state index in [9.17, 15) is 13.2 Å². The standard InChI is InChI=1S/C19H21F3N2O/c1-3-5-17-15(12-19(20,21)22)14-6-4-7-16(18(14)25-17)23-13-8-10-24(2)11-9-13/h4,6-7,13,23H,8-12H2,1-2H3. The lowest BCUT2D eigenvalue weighted by Gasteiger charge is -2.30. The van der Waals surface area contributed by atoms with Gasteiger partial charge in [0.2, 0.25) is 0 Å². The number of piperidine rings is 1. The van der Waals surface area contributed by atoms with Crippen LogP contribution in [-0.2, 0) is 6.42 Å². The Morgan fingerprint density at radius 1 is 1.28 bits per heavy atom. The molecule has 0 unspecified atom stereocenters. The molecule has 0 saturated carbocycles. The first-order valence-electron chi connectivity index (χ1n) is 8.36. The number of likely N-dealkylation sites (tertiary alicyclic amines) is 1. The lowest BCUT2D eigenvalue weighted by Crippen LogP contribution is -2.36. The first kappa shape index (κ1) is 17.7. The fourth-order valence-corrected chi connectivity index (χ4v) is 3.25. The molecule has 0 radical (unpaired) electrons. The van der Waals surface area contributed by atoms with Crippen LogP contribution in [-0.4, -0.2) is 37.3 Å². The molecule has 2 heterocycles. The van der Waals surface area contributed by atoms with Gasteiger partial charge in [0.15, 0.2) is 11.3 Å². The Labute approximate surface area is 145 Å². The third-order valence-electron chi connectivity index (χ3n) is 4.51. The molecule has 1 saturated heterocycles. The minimum Gasteiger partial charge on any atom is -0.445 e. The van der Waals surface area contributed by atoms with Crippen LogP contribution in [0, 0.1) is 11.8 Å². The highest BCUT2D eigenvalue weighted by Crippen LogP contribution is 2.35. The van der Waals surface area contributed by atoms with Crippen molar-refractivity contribution in [2.24, 2.45) is 0 Å². The number of alkyl halides is 3. The minimum absolute atomic E-state index is 0.104. The molecule has 0 atom stereocenters. The second-order valence-corrected chi connectivity index (χ2v) is 6.48. The molecule has 0 amide bonds. The van der Waals surface area contributed by atoms with Gasteiger partial charge in [0.1, 0.15) is 0 Å². The highest BCUT2D eigenvalue weighted by molar-refractivity contribution is 5.93. The minimum atomic E-state index is -4.31. The highest BCUT2D eigenvalue weighted by Gasteiger charge is 2.32. The lowest BCUT2D eigenvalue weighted by molar-refractivity contribution is -0.127. The van der Waals surface area contributed by atoms with Crippen LogP contribution in [0.4, 0.5) is 18.9 Å². The topological polar surface area (TPSA) is 28.4 Å². The van der Waals surface area contributed by atoms with Crippen molar-refractivity contribution in [2.75, 3.05) is 25.5 Å². The first-order valence-corrected chi connectivity index (χ1v) is 8.36. The number of furan rings is 1. The predicted octanol–water partition coefficient (Wildman–Crippen LogP) is 4.42. The number of hydrogen-bond donors (Lipinski definition) is 1. The average molecular weight is 350 g/mol. The van der Waals surface area contributed by atoms with Gasteiger partial charge in [0, 0.05) is 17.0 Å². The SMILES string of the molecule is CC#Cc1oc2c(NC3CCN(C)CC3)cccc2c1CC(F)(F)F. The van der Waals surface area contributed by atoms with Gasteiger partial charge in [-0.15, -0.1) is 0 Å². The third-order valence-corrected chi connectivity index (χ3v) is 4.51. The molecule has 3 rings (SSSR count). The van der Waals surface area contributed by atoms with Crippen molar-refractivity contribution in [2.45, 2.75) is 38.4 Å². The van der Waals surface area contributed by atoms with E-state index in [2.05, 4.69) is 29.1 Å². The number of nitrogens with one attached hydrogen (secondary N) is 1. The van der Waals surface area contributed by atoms with Crippen molar-refractivity contribution in [1.82, 2.24) is 4.90 Å². The number of benzene rings is 1. The molecular weight excluding hydrogens is 329 g/mol. The number of anilines is 1. The number of nitrogens with zero attached hydrogens (tertiary/aromatic N) is 1. The van der Waals surface area contributed by atoms with E-state index in [0.29, 0.717) is 17.0 Å². The van der Waals surface area contributed by atoms with Gasteiger partial charge in [-0.05, 0) is 51.9 Å². The summed E-state index contributed by atoms with van der Waals surface area (Å²) in [7, 11) is 2.09. The van der Waals surface area contributed by atoms with Crippen LogP contribution in [0.15, 0.2) is 22.6 Å². The van der Waals surface area contributed by atoms with Crippen LogP contribution in [0.25, 0.3) is 11.0 Å². The molecule has 1 N–H and O–H groups in total. The van der Waals surface area contributed by atoms with Crippen molar-refractivity contribution < 1.29 is 17.6 Å². The van der Waals surface area contributed by atoms with Crippen molar-refractivity contribution in [3.63, 3.8) is 0 Å². The van der Waals surface area contributed by atoms with Crippen LogP contribution in [0.5, 0.6) is 0 Å². The second kappa shape index (κ2) is 7.01. The van der Waals surface area contributed by atoms with E-state index >= 15 is 0 Å². The summed E-state index contributed by atoms with van der Waals surface area (Å²) in [5, 5.41) is 3.92. The van der Waals surface area contributed by atoms with Crippen molar-refractivity contribution in [3.05, 3.63) is 29.5 Å². The molecule has 0 spiro atoms. The van der Waals surface area contributed by atoms with Crippen molar-refractivity contribution in [1.29, 1.82) is 0 Å². The molecule has 134 valence electrons. The van der Waals surface area contributed by atoms with Crippen molar-refractivity contribution >= 4 is 16.7 Å². The molecular formula is C19H21F3N2O. The molecule has 25 heavy (non-hydrogen) atoms. The van der Waals surface area contributed by atoms with Gasteiger partial charge >= 0.3 is 6.18 Å². The van der Waals surface area contributed by atoms with Crippen LogP contribution in [0.1, 0.15) is 31.1 Å². The Hall–Kier alpha value is -2.13. The zero-order valence-electron chi connectivity index (χ0n) is 14.3. The average Bonchev–Trinajstić information content (AvgIpc) is 2.87. The van der Waals surface area contributed by atoms with E-state index in [4.69, 9.17) is 4.42 Å². The summed E-state index contributed by atoms with van der Waals surface area (Å²) < 4.78 is 44.6. The van der Waals surface area contributed by atoms with Gasteiger partial charge in [0.25, 0.3) is 0 Å². The summed E-state index contributed by atoms with van der Waals surface area (Å²) in [5.41, 5.74) is 1.31. The van der Waals surface area contributed by atoms with Crippen LogP contribution in [0.2, 0.25) is 0 Å². The fraction of sp³-hybridized carbons (Fsp3) is 0.474. The Balaban J connectivity index is 1.97. The maximum Gasteiger partial charge on any atom is 0.393 e. The molecule has 6 heteroatoms. The van der Waals surface area contributed by atoms with Gasteiger partial charge < -0.3 is 14.6 Å². The summed E-state index contributed by atoms with van der Waals surface area (Å²) >= 11 is 0. The largest absolute Gasteiger partial charge is 0.445 e. The number of halogens is 3. The Morgan fingerprint density at radius 2 is 2.00 bits per heavy atom. The van der Waals surface area contributed by atoms with Crippen LogP contribution >= 0.6 is 0 Å². The molecule has 1 aromatic heterocycles. The normalized spacial score (nSPS) is 16.7. The van der Waals surface area contributed by atoms with Gasteiger partial charge in [0.05, 0.1) is 12.1 Å². The molecule has 3 nitrogen and oxygen atoms in total. The van der Waals surface area contributed by atoms with E-state index < -0.39 is 12.6 Å². The number of rotatable bonds is 3. The zero-order valence-corrected chi connectivity index (χ0v) is 14.3. The smallest absolute Gasteiger partial charge is 0.393 e. The van der Waals surface area contributed by atoms with E-state index in [0.717, 1.165) is 31.6 Å². The van der Waals surface area contributed by atoms with E-state index in [1.807, 2.05) is 6.07 Å². The van der Waals surface area contributed by atoms with Crippen LogP contribution < -0.4 is 5.32 Å². The summed E-state index contributed by atoms with van der Waals surface area (Å²) in [6.45, 7) is 3.58. The van der Waals surface area contributed by atoms with Gasteiger partial charge in [-0.3, -0.25) is 0 Å². The highest BCUT2D eigenvalue weighted by atomic mass is 19.4. The molecule has 0 aliphatic carbocycles. The Bertz CT molecular complexity index is 806. The van der Waals surface area contributed by atoms with Gasteiger partial charge in [-0.1, -0.05) is 18.1 Å². The van der Waals surface area contributed by atoms with E-state index in [1.54, 1.807) is 19.1 Å². The predicted molar refractivity (Wildman–Crippen MR) is 92.7 cm³/mol. The monoisotopic (exact) mass is 350 g/mol. The second-order valence-electron chi connectivity index (χ2n) is 6.48. The summed E-state index contributed by atoms with van der Waals surface area (Å²) in [6, 6.07) is 5.57. The van der Waals surface area contributed by atoms with Gasteiger partial charge in [-0.25, -0.2) is 0 Å². The zero-order chi connectivity index (χ0) is 18.0. The molecule has 1 aliphatic rings. The van der Waals surface area contributed by atoms with Crippen LogP contribution in [0.3, 0.4) is 0 Å². The first-order chi connectivity index (χ1) is 11.9. The molecule has 1 aromatic carbocycles. The summed E-state index contributed by atoms with van der Waals surface area (Å²) in [4.78, 5) is 2.27. The maximum atomic E-state index is 13.0. The summed E-state index contributed by atoms with van der Waals surface area (Å²) in [5.74, 6) is 5.42. The van der Waals surface area contributed by atoms with E-state index in [-0.39, 0.29) is 11.3 Å². The molecule has 1 fully saturated rings. The Morgan fingerprint density at radius 3 is 2.64 bits per heavy atom. The lowest BCUT2D eigenvalue weighted by atomic mass is 10.0. The quantitative estimate of drug-likeness (QED) is 0.831. The number of fused-ring (bicyclic) bond motifs is 1. The Kier molecular flexibility index (Phi) is 4.96. The number of para-hydroxylation sites is 1. The maximum absolute atomic E-state index is 13.0. The third kappa shape index (κ3) is 4.10. The fourth-order valence-electron chi connectivity index (χ4n) is 3.25. The molecule has 1 aliphatic heterocycles.